The van der Waals surface area contributed by atoms with Gasteiger partial charge in [0.1, 0.15) is 6.29 Å². The molecule has 0 aromatic heterocycles. The number of amides is 1. The van der Waals surface area contributed by atoms with Gasteiger partial charge in [0.25, 0.3) is 5.91 Å². The second kappa shape index (κ2) is 7.81. The van der Waals surface area contributed by atoms with Gasteiger partial charge in [-0.05, 0) is 12.1 Å². The molecular weight excluding hydrogens is 242 g/mol. The van der Waals surface area contributed by atoms with E-state index < -0.39 is 0 Å². The van der Waals surface area contributed by atoms with E-state index in [0.29, 0.717) is 36.8 Å². The molecule has 1 aromatic rings. The number of carbonyl (C=O) groups excluding carboxylic acids is 2. The first kappa shape index (κ1) is 13.7. The lowest BCUT2D eigenvalue weighted by Gasteiger charge is -2.05. The van der Waals surface area contributed by atoms with Crippen LogP contribution in [0, 0.1) is 0 Å². The first-order valence-electron chi connectivity index (χ1n) is 5.25. The predicted molar refractivity (Wildman–Crippen MR) is 65.7 cm³/mol. The number of rotatable bonds is 7. The molecule has 17 heavy (non-hydrogen) atoms. The zero-order valence-electron chi connectivity index (χ0n) is 9.32. The Morgan fingerprint density at radius 2 is 2.00 bits per heavy atom. The van der Waals surface area contributed by atoms with Gasteiger partial charge in [0.15, 0.2) is 0 Å². The second-order valence-corrected chi connectivity index (χ2v) is 3.68. The van der Waals surface area contributed by atoms with Crippen LogP contribution < -0.4 is 5.32 Å². The van der Waals surface area contributed by atoms with Crippen molar-refractivity contribution >= 4 is 23.8 Å². The normalized spacial score (nSPS) is 9.94. The molecule has 5 heteroatoms. The van der Waals surface area contributed by atoms with E-state index in [9.17, 15) is 9.59 Å². The van der Waals surface area contributed by atoms with Crippen molar-refractivity contribution in [2.45, 2.75) is 0 Å². The lowest BCUT2D eigenvalue weighted by molar-refractivity contribution is 0.0923. The summed E-state index contributed by atoms with van der Waals surface area (Å²) in [5, 5.41) is 2.70. The van der Waals surface area contributed by atoms with E-state index in [2.05, 4.69) is 5.32 Å². The van der Waals surface area contributed by atoms with E-state index in [0.717, 1.165) is 6.29 Å². The lowest BCUT2D eigenvalue weighted by atomic mass is 10.1. The highest BCUT2D eigenvalue weighted by Gasteiger charge is 2.03. The Balaban J connectivity index is 2.33. The molecule has 0 aliphatic carbocycles. The van der Waals surface area contributed by atoms with Crippen molar-refractivity contribution < 1.29 is 14.3 Å². The van der Waals surface area contributed by atoms with Crippen molar-refractivity contribution in [3.05, 3.63) is 35.4 Å². The quantitative estimate of drug-likeness (QED) is 0.456. The number of halogens is 1. The Morgan fingerprint density at radius 3 is 2.59 bits per heavy atom. The molecule has 0 unspecified atom stereocenters. The second-order valence-electron chi connectivity index (χ2n) is 3.30. The van der Waals surface area contributed by atoms with Gasteiger partial charge in [-0.1, -0.05) is 12.1 Å². The smallest absolute Gasteiger partial charge is 0.251 e. The summed E-state index contributed by atoms with van der Waals surface area (Å²) < 4.78 is 5.11. The number of ether oxygens (including phenoxy) is 1. The van der Waals surface area contributed by atoms with Crippen molar-refractivity contribution in [1.82, 2.24) is 5.32 Å². The Labute approximate surface area is 105 Å². The van der Waals surface area contributed by atoms with Crippen molar-refractivity contribution in [3.63, 3.8) is 0 Å². The zero-order valence-corrected chi connectivity index (χ0v) is 10.1. The van der Waals surface area contributed by atoms with E-state index in [1.54, 1.807) is 24.3 Å². The van der Waals surface area contributed by atoms with Gasteiger partial charge in [0, 0.05) is 23.6 Å². The summed E-state index contributed by atoms with van der Waals surface area (Å²) in [6, 6.07) is 6.43. The highest BCUT2D eigenvalue weighted by Crippen LogP contribution is 2.01. The zero-order chi connectivity index (χ0) is 12.5. The molecule has 0 heterocycles. The highest BCUT2D eigenvalue weighted by atomic mass is 35.5. The molecule has 0 fully saturated rings. The van der Waals surface area contributed by atoms with Crippen LogP contribution in [-0.2, 0) is 4.74 Å². The summed E-state index contributed by atoms with van der Waals surface area (Å²) in [6.07, 6.45) is 0.738. The van der Waals surface area contributed by atoms with Crippen LogP contribution in [0.25, 0.3) is 0 Å². The fraction of sp³-hybridized carbons (Fsp3) is 0.333. The van der Waals surface area contributed by atoms with Crippen LogP contribution in [0.4, 0.5) is 0 Å². The highest BCUT2D eigenvalue weighted by molar-refractivity contribution is 6.17. The summed E-state index contributed by atoms with van der Waals surface area (Å²) in [6.45, 7) is 1.35. The Kier molecular flexibility index (Phi) is 6.29. The summed E-state index contributed by atoms with van der Waals surface area (Å²) in [5.41, 5.74) is 1.07. The van der Waals surface area contributed by atoms with E-state index in [1.807, 2.05) is 0 Å². The number of hydrogen-bond donors (Lipinski definition) is 1. The minimum Gasteiger partial charge on any atom is -0.378 e. The van der Waals surface area contributed by atoms with Gasteiger partial charge in [-0.2, -0.15) is 0 Å². The van der Waals surface area contributed by atoms with Gasteiger partial charge in [0.05, 0.1) is 13.2 Å². The van der Waals surface area contributed by atoms with Gasteiger partial charge in [-0.15, -0.1) is 11.6 Å². The molecule has 0 aliphatic rings. The Bertz CT molecular complexity index is 365. The third-order valence-electron chi connectivity index (χ3n) is 2.06. The molecule has 0 radical (unpaired) electrons. The number of benzene rings is 1. The van der Waals surface area contributed by atoms with Gasteiger partial charge >= 0.3 is 0 Å². The van der Waals surface area contributed by atoms with Gasteiger partial charge in [-0.3, -0.25) is 9.59 Å². The topological polar surface area (TPSA) is 55.4 Å². The average Bonchev–Trinajstić information content (AvgIpc) is 2.38. The maximum Gasteiger partial charge on any atom is 0.251 e. The minimum atomic E-state index is -0.183. The maximum absolute atomic E-state index is 11.6. The van der Waals surface area contributed by atoms with E-state index >= 15 is 0 Å². The number of alkyl halides is 1. The average molecular weight is 256 g/mol. The molecule has 0 atom stereocenters. The van der Waals surface area contributed by atoms with Crippen LogP contribution in [0.5, 0.6) is 0 Å². The molecule has 1 aromatic carbocycles. The lowest BCUT2D eigenvalue weighted by Crippen LogP contribution is -2.27. The van der Waals surface area contributed by atoms with Gasteiger partial charge < -0.3 is 10.1 Å². The molecule has 1 amide bonds. The number of hydrogen-bond acceptors (Lipinski definition) is 3. The SMILES string of the molecule is O=Cc1ccc(C(=O)NCCOCCCl)cc1. The summed E-state index contributed by atoms with van der Waals surface area (Å²) in [4.78, 5) is 22.0. The molecule has 0 aliphatic heterocycles. The third-order valence-corrected chi connectivity index (χ3v) is 2.22. The summed E-state index contributed by atoms with van der Waals surface area (Å²) >= 11 is 5.43. The first-order chi connectivity index (χ1) is 8.27. The predicted octanol–water partition coefficient (Wildman–Crippen LogP) is 1.48. The van der Waals surface area contributed by atoms with Crippen molar-refractivity contribution in [2.24, 2.45) is 0 Å². The summed E-state index contributed by atoms with van der Waals surface area (Å²) in [7, 11) is 0. The monoisotopic (exact) mass is 255 g/mol. The number of aldehydes is 1. The number of nitrogens with one attached hydrogen (secondary N) is 1. The molecule has 0 saturated carbocycles. The van der Waals surface area contributed by atoms with E-state index in [-0.39, 0.29) is 5.91 Å². The van der Waals surface area contributed by atoms with Crippen LogP contribution in [0.1, 0.15) is 20.7 Å². The van der Waals surface area contributed by atoms with Crippen LogP contribution >= 0.6 is 11.6 Å². The molecular formula is C12H14ClNO3. The Morgan fingerprint density at radius 1 is 1.29 bits per heavy atom. The van der Waals surface area contributed by atoms with Crippen LogP contribution in [0.3, 0.4) is 0 Å². The molecule has 92 valence electrons. The van der Waals surface area contributed by atoms with Crippen molar-refractivity contribution in [1.29, 1.82) is 0 Å². The third kappa shape index (κ3) is 4.97. The fourth-order valence-electron chi connectivity index (χ4n) is 1.21. The Hall–Kier alpha value is -1.39. The van der Waals surface area contributed by atoms with E-state index in [1.165, 1.54) is 0 Å². The maximum atomic E-state index is 11.6. The van der Waals surface area contributed by atoms with Gasteiger partial charge in [-0.25, -0.2) is 0 Å². The molecule has 1 rings (SSSR count). The van der Waals surface area contributed by atoms with Crippen molar-refractivity contribution in [3.8, 4) is 0 Å². The van der Waals surface area contributed by atoms with Crippen molar-refractivity contribution in [2.75, 3.05) is 25.6 Å². The van der Waals surface area contributed by atoms with Crippen LogP contribution in [-0.4, -0.2) is 37.8 Å². The van der Waals surface area contributed by atoms with Crippen LogP contribution in [0.15, 0.2) is 24.3 Å². The molecule has 1 N–H and O–H groups in total. The van der Waals surface area contributed by atoms with Gasteiger partial charge in [0.2, 0.25) is 0 Å². The fourth-order valence-corrected chi connectivity index (χ4v) is 1.32. The molecule has 4 nitrogen and oxygen atoms in total. The van der Waals surface area contributed by atoms with E-state index in [4.69, 9.17) is 16.3 Å². The molecule has 0 spiro atoms. The first-order valence-corrected chi connectivity index (χ1v) is 5.78. The standard InChI is InChI=1S/C12H14ClNO3/c13-5-7-17-8-6-14-12(16)11-3-1-10(9-15)2-4-11/h1-4,9H,5-8H2,(H,14,16). The minimum absolute atomic E-state index is 0.183. The largest absolute Gasteiger partial charge is 0.378 e. The summed E-state index contributed by atoms with van der Waals surface area (Å²) in [5.74, 6) is 0.262. The number of carbonyl (C=O) groups is 2. The van der Waals surface area contributed by atoms with Crippen LogP contribution in [0.2, 0.25) is 0 Å². The molecule has 0 bridgehead atoms. The molecule has 0 saturated heterocycles.